The van der Waals surface area contributed by atoms with Crippen molar-refractivity contribution in [3.63, 3.8) is 0 Å². The first-order valence-electron chi connectivity index (χ1n) is 4.51. The molecule has 0 aliphatic carbocycles. The molecule has 0 spiro atoms. The lowest BCUT2D eigenvalue weighted by Gasteiger charge is -2.05. The van der Waals surface area contributed by atoms with E-state index in [2.05, 4.69) is 11.7 Å². The third-order valence-corrected chi connectivity index (χ3v) is 2.21. The van der Waals surface area contributed by atoms with Crippen molar-refractivity contribution in [1.29, 1.82) is 0 Å². The molecule has 1 aromatic rings. The van der Waals surface area contributed by atoms with E-state index in [0.717, 1.165) is 6.26 Å². The standard InChI is InChI=1S/C9H13NO5S/c1-4-5-13-9-6-8(14-10-9)7(2)15-16(3,11)12/h4,6-7H,1,5H2,2-3H3. The Balaban J connectivity index is 2.66. The summed E-state index contributed by atoms with van der Waals surface area (Å²) in [5.74, 6) is 0.545. The van der Waals surface area contributed by atoms with Crippen LogP contribution in [0, 0.1) is 0 Å². The van der Waals surface area contributed by atoms with E-state index < -0.39 is 16.2 Å². The van der Waals surface area contributed by atoms with Crippen molar-refractivity contribution in [3.05, 3.63) is 24.5 Å². The molecule has 0 saturated carbocycles. The van der Waals surface area contributed by atoms with Gasteiger partial charge in [0.05, 0.1) is 6.26 Å². The summed E-state index contributed by atoms with van der Waals surface area (Å²) >= 11 is 0. The fourth-order valence-electron chi connectivity index (χ4n) is 0.986. The fraction of sp³-hybridized carbons (Fsp3) is 0.444. The van der Waals surface area contributed by atoms with Gasteiger partial charge in [0.1, 0.15) is 12.7 Å². The first-order valence-corrected chi connectivity index (χ1v) is 6.32. The number of hydrogen-bond donors (Lipinski definition) is 0. The van der Waals surface area contributed by atoms with E-state index in [1.807, 2.05) is 0 Å². The number of aromatic nitrogens is 1. The molecule has 1 heterocycles. The Bertz CT molecular complexity index is 450. The van der Waals surface area contributed by atoms with Crippen LogP contribution in [0.1, 0.15) is 18.8 Å². The van der Waals surface area contributed by atoms with Crippen LogP contribution in [-0.2, 0) is 14.3 Å². The molecular formula is C9H13NO5S. The van der Waals surface area contributed by atoms with E-state index in [4.69, 9.17) is 13.4 Å². The molecule has 0 aliphatic rings. The smallest absolute Gasteiger partial charge is 0.265 e. The molecule has 1 atom stereocenters. The van der Waals surface area contributed by atoms with Gasteiger partial charge in [-0.05, 0) is 12.1 Å². The number of hydrogen-bond acceptors (Lipinski definition) is 6. The minimum Gasteiger partial charge on any atom is -0.471 e. The maximum atomic E-state index is 10.9. The van der Waals surface area contributed by atoms with Crippen LogP contribution >= 0.6 is 0 Å². The SMILES string of the molecule is C=CCOc1cc(C(C)OS(C)(=O)=O)on1. The molecule has 90 valence electrons. The molecule has 16 heavy (non-hydrogen) atoms. The van der Waals surface area contributed by atoms with Gasteiger partial charge in [0.2, 0.25) is 0 Å². The summed E-state index contributed by atoms with van der Waals surface area (Å²) < 4.78 is 36.4. The average Bonchev–Trinajstić information content (AvgIpc) is 2.60. The summed E-state index contributed by atoms with van der Waals surface area (Å²) in [4.78, 5) is 0. The Labute approximate surface area is 94.0 Å². The lowest BCUT2D eigenvalue weighted by atomic mass is 10.3. The Hall–Kier alpha value is -1.34. The zero-order chi connectivity index (χ0) is 12.2. The van der Waals surface area contributed by atoms with E-state index in [0.29, 0.717) is 6.61 Å². The highest BCUT2D eigenvalue weighted by atomic mass is 32.2. The van der Waals surface area contributed by atoms with Crippen molar-refractivity contribution in [1.82, 2.24) is 5.16 Å². The molecular weight excluding hydrogens is 234 g/mol. The molecule has 1 rings (SSSR count). The molecule has 0 aliphatic heterocycles. The molecule has 1 aromatic heterocycles. The average molecular weight is 247 g/mol. The first kappa shape index (κ1) is 12.7. The minimum absolute atomic E-state index is 0.263. The molecule has 0 amide bonds. The topological polar surface area (TPSA) is 78.6 Å². The minimum atomic E-state index is -3.52. The summed E-state index contributed by atoms with van der Waals surface area (Å²) in [5.41, 5.74) is 0. The molecule has 0 bridgehead atoms. The second-order valence-electron chi connectivity index (χ2n) is 3.11. The van der Waals surface area contributed by atoms with Gasteiger partial charge < -0.3 is 9.26 Å². The third kappa shape index (κ3) is 4.03. The van der Waals surface area contributed by atoms with E-state index in [1.165, 1.54) is 6.07 Å². The number of rotatable bonds is 6. The van der Waals surface area contributed by atoms with Crippen molar-refractivity contribution in [2.24, 2.45) is 0 Å². The van der Waals surface area contributed by atoms with Gasteiger partial charge in [0.25, 0.3) is 16.0 Å². The van der Waals surface area contributed by atoms with Crippen LogP contribution in [-0.4, -0.2) is 26.4 Å². The van der Waals surface area contributed by atoms with Gasteiger partial charge in [-0.3, -0.25) is 4.18 Å². The van der Waals surface area contributed by atoms with Gasteiger partial charge >= 0.3 is 0 Å². The number of nitrogens with zero attached hydrogens (tertiary/aromatic N) is 1. The maximum Gasteiger partial charge on any atom is 0.265 e. The predicted octanol–water partition coefficient (Wildman–Crippen LogP) is 1.28. The predicted molar refractivity (Wildman–Crippen MR) is 56.5 cm³/mol. The van der Waals surface area contributed by atoms with Crippen molar-refractivity contribution >= 4 is 10.1 Å². The second kappa shape index (κ2) is 5.13. The van der Waals surface area contributed by atoms with Crippen LogP contribution in [0.25, 0.3) is 0 Å². The zero-order valence-corrected chi connectivity index (χ0v) is 9.86. The first-order chi connectivity index (χ1) is 7.42. The highest BCUT2D eigenvalue weighted by Gasteiger charge is 2.17. The van der Waals surface area contributed by atoms with Crippen molar-refractivity contribution in [2.75, 3.05) is 12.9 Å². The van der Waals surface area contributed by atoms with Gasteiger partial charge in [0, 0.05) is 6.07 Å². The third-order valence-electron chi connectivity index (χ3n) is 1.58. The van der Waals surface area contributed by atoms with Crippen molar-refractivity contribution < 1.29 is 21.9 Å². The molecule has 0 N–H and O–H groups in total. The molecule has 6 nitrogen and oxygen atoms in total. The summed E-state index contributed by atoms with van der Waals surface area (Å²) in [6.45, 7) is 5.32. The fourth-order valence-corrected chi connectivity index (χ4v) is 1.60. The Kier molecular flexibility index (Phi) is 4.08. The second-order valence-corrected chi connectivity index (χ2v) is 4.71. The van der Waals surface area contributed by atoms with Gasteiger partial charge in [-0.1, -0.05) is 12.7 Å². The molecule has 1 unspecified atom stereocenters. The summed E-state index contributed by atoms with van der Waals surface area (Å²) in [6, 6.07) is 1.47. The zero-order valence-electron chi connectivity index (χ0n) is 9.04. The normalized spacial score (nSPS) is 13.4. The van der Waals surface area contributed by atoms with Crippen LogP contribution in [0.3, 0.4) is 0 Å². The quantitative estimate of drug-likeness (QED) is 0.556. The lowest BCUT2D eigenvalue weighted by Crippen LogP contribution is -2.06. The Morgan fingerprint density at radius 1 is 1.69 bits per heavy atom. The van der Waals surface area contributed by atoms with Gasteiger partial charge in [-0.25, -0.2) is 0 Å². The molecule has 7 heteroatoms. The van der Waals surface area contributed by atoms with Gasteiger partial charge in [-0.15, -0.1) is 0 Å². The summed E-state index contributed by atoms with van der Waals surface area (Å²) in [7, 11) is -3.52. The number of ether oxygens (including phenoxy) is 1. The Morgan fingerprint density at radius 3 is 2.94 bits per heavy atom. The van der Waals surface area contributed by atoms with E-state index >= 15 is 0 Å². The van der Waals surface area contributed by atoms with Gasteiger partial charge in [-0.2, -0.15) is 8.42 Å². The van der Waals surface area contributed by atoms with Crippen LogP contribution in [0.4, 0.5) is 0 Å². The van der Waals surface area contributed by atoms with Crippen LogP contribution in [0.2, 0.25) is 0 Å². The maximum absolute atomic E-state index is 10.9. The van der Waals surface area contributed by atoms with E-state index in [9.17, 15) is 8.42 Å². The molecule has 0 aromatic carbocycles. The van der Waals surface area contributed by atoms with Crippen LogP contribution < -0.4 is 4.74 Å². The van der Waals surface area contributed by atoms with Crippen LogP contribution in [0.15, 0.2) is 23.2 Å². The van der Waals surface area contributed by atoms with Crippen molar-refractivity contribution in [2.45, 2.75) is 13.0 Å². The monoisotopic (exact) mass is 247 g/mol. The van der Waals surface area contributed by atoms with Gasteiger partial charge in [0.15, 0.2) is 5.76 Å². The molecule has 0 fully saturated rings. The highest BCUT2D eigenvalue weighted by molar-refractivity contribution is 7.86. The van der Waals surface area contributed by atoms with E-state index in [-0.39, 0.29) is 11.6 Å². The Morgan fingerprint density at radius 2 is 2.38 bits per heavy atom. The highest BCUT2D eigenvalue weighted by Crippen LogP contribution is 2.22. The molecule has 0 saturated heterocycles. The lowest BCUT2D eigenvalue weighted by molar-refractivity contribution is 0.188. The molecule has 0 radical (unpaired) electrons. The largest absolute Gasteiger partial charge is 0.471 e. The summed E-state index contributed by atoms with van der Waals surface area (Å²) in [6.07, 6.45) is 1.79. The van der Waals surface area contributed by atoms with Crippen LogP contribution in [0.5, 0.6) is 5.88 Å². The van der Waals surface area contributed by atoms with E-state index in [1.54, 1.807) is 13.0 Å². The van der Waals surface area contributed by atoms with Crippen molar-refractivity contribution in [3.8, 4) is 5.88 Å². The summed E-state index contributed by atoms with van der Waals surface area (Å²) in [5, 5.41) is 3.58.